The summed E-state index contributed by atoms with van der Waals surface area (Å²) in [5.41, 5.74) is 0. The minimum atomic E-state index is -0.425. The van der Waals surface area contributed by atoms with Crippen molar-refractivity contribution in [3.8, 4) is 0 Å². The van der Waals surface area contributed by atoms with Crippen molar-refractivity contribution in [3.63, 3.8) is 0 Å². The summed E-state index contributed by atoms with van der Waals surface area (Å²) in [4.78, 5) is 23.1. The molecule has 5 nitrogen and oxygen atoms in total. The SMILES string of the molecule is CCNC(=O)NC(=O)C(C)NC1CCC(C)CC1C. The Kier molecular flexibility index (Phi) is 6.28. The first-order chi connectivity index (χ1) is 8.93. The third-order valence-electron chi connectivity index (χ3n) is 3.86. The van der Waals surface area contributed by atoms with Crippen molar-refractivity contribution in [2.75, 3.05) is 6.54 Å². The van der Waals surface area contributed by atoms with Crippen LogP contribution in [-0.4, -0.2) is 30.6 Å². The van der Waals surface area contributed by atoms with Crippen LogP contribution in [0.1, 0.15) is 47.0 Å². The van der Waals surface area contributed by atoms with Gasteiger partial charge in [-0.2, -0.15) is 0 Å². The lowest BCUT2D eigenvalue weighted by Crippen LogP contribution is -2.52. The van der Waals surface area contributed by atoms with Crippen LogP contribution < -0.4 is 16.0 Å². The first-order valence-corrected chi connectivity index (χ1v) is 7.28. The van der Waals surface area contributed by atoms with E-state index in [1.54, 1.807) is 6.92 Å². The average molecular weight is 269 g/mol. The molecule has 0 aromatic heterocycles. The lowest BCUT2D eigenvalue weighted by atomic mass is 9.79. The van der Waals surface area contributed by atoms with E-state index in [0.29, 0.717) is 18.5 Å². The van der Waals surface area contributed by atoms with Gasteiger partial charge in [-0.15, -0.1) is 0 Å². The minimum absolute atomic E-state index is 0.267. The van der Waals surface area contributed by atoms with E-state index in [0.717, 1.165) is 12.3 Å². The van der Waals surface area contributed by atoms with Gasteiger partial charge in [0, 0.05) is 12.6 Å². The van der Waals surface area contributed by atoms with E-state index in [9.17, 15) is 9.59 Å². The highest BCUT2D eigenvalue weighted by molar-refractivity contribution is 5.96. The highest BCUT2D eigenvalue weighted by atomic mass is 16.2. The van der Waals surface area contributed by atoms with Gasteiger partial charge in [0.15, 0.2) is 0 Å². The van der Waals surface area contributed by atoms with E-state index in [-0.39, 0.29) is 11.9 Å². The van der Waals surface area contributed by atoms with E-state index in [1.165, 1.54) is 12.8 Å². The molecule has 110 valence electrons. The number of rotatable bonds is 4. The number of carbonyl (C=O) groups excluding carboxylic acids is 2. The molecule has 0 radical (unpaired) electrons. The lowest BCUT2D eigenvalue weighted by Gasteiger charge is -2.34. The lowest BCUT2D eigenvalue weighted by molar-refractivity contribution is -0.122. The fourth-order valence-electron chi connectivity index (χ4n) is 2.73. The second kappa shape index (κ2) is 7.48. The van der Waals surface area contributed by atoms with E-state index >= 15 is 0 Å². The van der Waals surface area contributed by atoms with Gasteiger partial charge in [0.05, 0.1) is 6.04 Å². The average Bonchev–Trinajstić information content (AvgIpc) is 2.32. The summed E-state index contributed by atoms with van der Waals surface area (Å²) in [7, 11) is 0. The topological polar surface area (TPSA) is 70.2 Å². The van der Waals surface area contributed by atoms with E-state index in [2.05, 4.69) is 29.8 Å². The van der Waals surface area contributed by atoms with Gasteiger partial charge in [0.1, 0.15) is 0 Å². The molecule has 1 rings (SSSR count). The van der Waals surface area contributed by atoms with Gasteiger partial charge in [-0.25, -0.2) is 4.79 Å². The molecule has 0 saturated heterocycles. The van der Waals surface area contributed by atoms with Gasteiger partial charge in [-0.05, 0) is 44.9 Å². The zero-order chi connectivity index (χ0) is 14.4. The van der Waals surface area contributed by atoms with Gasteiger partial charge >= 0.3 is 6.03 Å². The third kappa shape index (κ3) is 5.19. The molecule has 1 saturated carbocycles. The number of carbonyl (C=O) groups is 2. The number of amides is 3. The highest BCUT2D eigenvalue weighted by Gasteiger charge is 2.28. The Labute approximate surface area is 115 Å². The molecular formula is C14H27N3O2. The van der Waals surface area contributed by atoms with Gasteiger partial charge < -0.3 is 10.6 Å². The van der Waals surface area contributed by atoms with Gasteiger partial charge in [0.25, 0.3) is 0 Å². The zero-order valence-corrected chi connectivity index (χ0v) is 12.5. The van der Waals surface area contributed by atoms with E-state index in [1.807, 2.05) is 6.92 Å². The summed E-state index contributed by atoms with van der Waals surface area (Å²) in [6.07, 6.45) is 3.50. The predicted octanol–water partition coefficient (Wildman–Crippen LogP) is 1.63. The minimum Gasteiger partial charge on any atom is -0.338 e. The van der Waals surface area contributed by atoms with Crippen molar-refractivity contribution in [2.45, 2.75) is 59.0 Å². The zero-order valence-electron chi connectivity index (χ0n) is 12.5. The molecule has 1 aliphatic rings. The Morgan fingerprint density at radius 3 is 2.53 bits per heavy atom. The first kappa shape index (κ1) is 16.0. The number of urea groups is 1. The van der Waals surface area contributed by atoms with Crippen molar-refractivity contribution in [1.29, 1.82) is 0 Å². The summed E-state index contributed by atoms with van der Waals surface area (Å²) in [5, 5.41) is 8.24. The van der Waals surface area contributed by atoms with Crippen LogP contribution >= 0.6 is 0 Å². The molecule has 0 bridgehead atoms. The van der Waals surface area contributed by atoms with Crippen LogP contribution in [0.4, 0.5) is 4.79 Å². The fourth-order valence-corrected chi connectivity index (χ4v) is 2.73. The van der Waals surface area contributed by atoms with E-state index in [4.69, 9.17) is 0 Å². The summed E-state index contributed by atoms with van der Waals surface area (Å²) in [6.45, 7) is 8.63. The summed E-state index contributed by atoms with van der Waals surface area (Å²) < 4.78 is 0. The van der Waals surface area contributed by atoms with Crippen LogP contribution in [0.5, 0.6) is 0 Å². The molecule has 4 unspecified atom stereocenters. The van der Waals surface area contributed by atoms with Crippen LogP contribution in [0.15, 0.2) is 0 Å². The number of hydrogen-bond acceptors (Lipinski definition) is 3. The molecule has 5 heteroatoms. The second-order valence-corrected chi connectivity index (χ2v) is 5.74. The Morgan fingerprint density at radius 2 is 1.95 bits per heavy atom. The van der Waals surface area contributed by atoms with Gasteiger partial charge in [-0.3, -0.25) is 10.1 Å². The van der Waals surface area contributed by atoms with Crippen molar-refractivity contribution >= 4 is 11.9 Å². The van der Waals surface area contributed by atoms with Crippen molar-refractivity contribution < 1.29 is 9.59 Å². The fraction of sp³-hybridized carbons (Fsp3) is 0.857. The first-order valence-electron chi connectivity index (χ1n) is 7.28. The molecule has 3 N–H and O–H groups in total. The Hall–Kier alpha value is -1.10. The van der Waals surface area contributed by atoms with Crippen LogP contribution in [0.2, 0.25) is 0 Å². The van der Waals surface area contributed by atoms with Crippen molar-refractivity contribution in [2.24, 2.45) is 11.8 Å². The van der Waals surface area contributed by atoms with Crippen molar-refractivity contribution in [1.82, 2.24) is 16.0 Å². The van der Waals surface area contributed by atoms with Crippen LogP contribution in [0.25, 0.3) is 0 Å². The molecule has 19 heavy (non-hydrogen) atoms. The maximum atomic E-state index is 11.8. The van der Waals surface area contributed by atoms with Crippen LogP contribution in [-0.2, 0) is 4.79 Å². The predicted molar refractivity (Wildman–Crippen MR) is 75.8 cm³/mol. The summed E-state index contributed by atoms with van der Waals surface area (Å²) >= 11 is 0. The number of hydrogen-bond donors (Lipinski definition) is 3. The molecule has 1 aliphatic carbocycles. The Balaban J connectivity index is 2.39. The largest absolute Gasteiger partial charge is 0.338 e. The molecule has 3 amide bonds. The second-order valence-electron chi connectivity index (χ2n) is 5.74. The molecule has 4 atom stereocenters. The monoisotopic (exact) mass is 269 g/mol. The molecule has 0 spiro atoms. The van der Waals surface area contributed by atoms with Gasteiger partial charge in [-0.1, -0.05) is 13.8 Å². The number of imide groups is 1. The van der Waals surface area contributed by atoms with Gasteiger partial charge in [0.2, 0.25) is 5.91 Å². The van der Waals surface area contributed by atoms with Crippen molar-refractivity contribution in [3.05, 3.63) is 0 Å². The Morgan fingerprint density at radius 1 is 1.26 bits per heavy atom. The van der Waals surface area contributed by atoms with E-state index < -0.39 is 6.03 Å². The maximum Gasteiger partial charge on any atom is 0.321 e. The van der Waals surface area contributed by atoms with Crippen LogP contribution in [0.3, 0.4) is 0 Å². The molecule has 0 aliphatic heterocycles. The quantitative estimate of drug-likeness (QED) is 0.726. The highest BCUT2D eigenvalue weighted by Crippen LogP contribution is 2.28. The molecule has 0 aromatic carbocycles. The Bertz CT molecular complexity index is 320. The third-order valence-corrected chi connectivity index (χ3v) is 3.86. The number of nitrogens with one attached hydrogen (secondary N) is 3. The molecule has 0 aromatic rings. The molecule has 0 heterocycles. The normalized spacial score (nSPS) is 28.5. The molecular weight excluding hydrogens is 242 g/mol. The summed E-state index contributed by atoms with van der Waals surface area (Å²) in [5.74, 6) is 1.08. The standard InChI is InChI=1S/C14H27N3O2/c1-5-15-14(19)17-13(18)11(4)16-12-7-6-9(2)8-10(12)3/h9-12,16H,5-8H2,1-4H3,(H2,15,17,18,19). The molecule has 1 fully saturated rings. The van der Waals surface area contributed by atoms with Crippen LogP contribution in [0, 0.1) is 11.8 Å². The smallest absolute Gasteiger partial charge is 0.321 e. The summed E-state index contributed by atoms with van der Waals surface area (Å²) in [6, 6.07) is -0.402. The maximum absolute atomic E-state index is 11.8.